The topological polar surface area (TPSA) is 103 Å². The highest BCUT2D eigenvalue weighted by molar-refractivity contribution is 7.89. The first-order valence-corrected chi connectivity index (χ1v) is 10.2. The Bertz CT molecular complexity index is 974. The molecule has 1 aliphatic rings. The lowest BCUT2D eigenvalue weighted by molar-refractivity contribution is -0.123. The molecule has 28 heavy (non-hydrogen) atoms. The maximum Gasteiger partial charge on any atom is 0.272 e. The summed E-state index contributed by atoms with van der Waals surface area (Å²) >= 11 is 0. The average Bonchev–Trinajstić information content (AvgIpc) is 2.92. The molecule has 0 saturated carbocycles. The van der Waals surface area contributed by atoms with E-state index in [-0.39, 0.29) is 11.5 Å². The van der Waals surface area contributed by atoms with Crippen LogP contribution in [0.1, 0.15) is 17.5 Å². The van der Waals surface area contributed by atoms with Gasteiger partial charge in [-0.15, -0.1) is 4.83 Å². The van der Waals surface area contributed by atoms with Gasteiger partial charge in [0.2, 0.25) is 0 Å². The Labute approximate surface area is 163 Å². The number of aryl methyl sites for hydroxylation is 2. The molecule has 0 radical (unpaired) electrons. The Morgan fingerprint density at radius 3 is 2.54 bits per heavy atom. The normalized spacial score (nSPS) is 13.5. The molecule has 8 nitrogen and oxygen atoms in total. The number of nitrogens with one attached hydrogen (secondary N) is 2. The summed E-state index contributed by atoms with van der Waals surface area (Å²) in [5, 5.41) is 0. The highest BCUT2D eigenvalue weighted by Crippen LogP contribution is 2.31. The first-order chi connectivity index (χ1) is 13.3. The number of carbonyl (C=O) groups excluding carboxylic acids is 1. The Balaban J connectivity index is 1.57. The van der Waals surface area contributed by atoms with Crippen LogP contribution < -0.4 is 24.5 Å². The zero-order valence-corrected chi connectivity index (χ0v) is 16.5. The van der Waals surface area contributed by atoms with Crippen LogP contribution in [0.3, 0.4) is 0 Å². The lowest BCUT2D eigenvalue weighted by Gasteiger charge is -2.12. The molecular weight excluding hydrogens is 384 g/mol. The predicted molar refractivity (Wildman–Crippen MR) is 102 cm³/mol. The Morgan fingerprint density at radius 2 is 1.79 bits per heavy atom. The van der Waals surface area contributed by atoms with E-state index in [4.69, 9.17) is 14.2 Å². The first-order valence-electron chi connectivity index (χ1n) is 8.75. The van der Waals surface area contributed by atoms with Crippen LogP contribution in [0.4, 0.5) is 0 Å². The summed E-state index contributed by atoms with van der Waals surface area (Å²) < 4.78 is 41.2. The molecule has 0 atom stereocenters. The summed E-state index contributed by atoms with van der Waals surface area (Å²) in [6, 6.07) is 9.71. The number of hydrazine groups is 1. The highest BCUT2D eigenvalue weighted by atomic mass is 32.2. The lowest BCUT2D eigenvalue weighted by Crippen LogP contribution is -2.43. The Morgan fingerprint density at radius 1 is 1.04 bits per heavy atom. The monoisotopic (exact) mass is 406 g/mol. The van der Waals surface area contributed by atoms with Crippen LogP contribution in [-0.2, 0) is 14.8 Å². The predicted octanol–water partition coefficient (Wildman–Crippen LogP) is 1.85. The van der Waals surface area contributed by atoms with Crippen molar-refractivity contribution >= 4 is 15.9 Å². The first kappa shape index (κ1) is 20.0. The van der Waals surface area contributed by atoms with Crippen molar-refractivity contribution in [3.63, 3.8) is 0 Å². The standard InChI is InChI=1S/C19H22N2O6S/c1-13-4-5-15(10-14(13)2)27-12-19(22)20-21-28(23,24)16-6-7-17-18(11-16)26-9-3-8-25-17/h4-7,10-11,21H,3,8-9,12H2,1-2H3,(H,20,22). The van der Waals surface area contributed by atoms with E-state index in [1.165, 1.54) is 18.2 Å². The number of benzene rings is 2. The van der Waals surface area contributed by atoms with Gasteiger partial charge in [-0.3, -0.25) is 10.2 Å². The van der Waals surface area contributed by atoms with Gasteiger partial charge in [-0.2, -0.15) is 0 Å². The maximum atomic E-state index is 12.4. The van der Waals surface area contributed by atoms with Gasteiger partial charge in [-0.05, 0) is 49.2 Å². The van der Waals surface area contributed by atoms with E-state index < -0.39 is 15.9 Å². The van der Waals surface area contributed by atoms with Crippen molar-refractivity contribution in [2.45, 2.75) is 25.2 Å². The molecular formula is C19H22N2O6S. The number of sulfonamides is 1. The number of carbonyl (C=O) groups is 1. The van der Waals surface area contributed by atoms with Gasteiger partial charge in [0.05, 0.1) is 18.1 Å². The molecule has 1 amide bonds. The van der Waals surface area contributed by atoms with Crippen LogP contribution in [0, 0.1) is 13.8 Å². The van der Waals surface area contributed by atoms with Crippen LogP contribution in [0.25, 0.3) is 0 Å². The number of ether oxygens (including phenoxy) is 3. The van der Waals surface area contributed by atoms with Crippen LogP contribution >= 0.6 is 0 Å². The maximum absolute atomic E-state index is 12.4. The molecule has 0 bridgehead atoms. The molecule has 2 aromatic rings. The summed E-state index contributed by atoms with van der Waals surface area (Å²) in [4.78, 5) is 13.9. The lowest BCUT2D eigenvalue weighted by atomic mass is 10.1. The van der Waals surface area contributed by atoms with Crippen molar-refractivity contribution in [3.8, 4) is 17.2 Å². The van der Waals surface area contributed by atoms with Crippen molar-refractivity contribution in [2.75, 3.05) is 19.8 Å². The number of fused-ring (bicyclic) bond motifs is 1. The van der Waals surface area contributed by atoms with Crippen LogP contribution in [0.15, 0.2) is 41.3 Å². The average molecular weight is 406 g/mol. The second-order valence-electron chi connectivity index (χ2n) is 6.35. The van der Waals surface area contributed by atoms with Crippen molar-refractivity contribution in [3.05, 3.63) is 47.5 Å². The van der Waals surface area contributed by atoms with E-state index in [1.807, 2.05) is 26.0 Å². The molecule has 0 unspecified atom stereocenters. The summed E-state index contributed by atoms with van der Waals surface area (Å²) in [6.45, 7) is 4.53. The van der Waals surface area contributed by atoms with Crippen molar-refractivity contribution < 1.29 is 27.4 Å². The zero-order chi connectivity index (χ0) is 20.1. The van der Waals surface area contributed by atoms with Crippen LogP contribution in [-0.4, -0.2) is 34.1 Å². The van der Waals surface area contributed by atoms with E-state index >= 15 is 0 Å². The minimum atomic E-state index is -3.97. The molecule has 0 spiro atoms. The van der Waals surface area contributed by atoms with Crippen LogP contribution in [0.5, 0.6) is 17.2 Å². The fourth-order valence-corrected chi connectivity index (χ4v) is 3.36. The third-order valence-electron chi connectivity index (χ3n) is 4.20. The molecule has 0 aliphatic carbocycles. The minimum Gasteiger partial charge on any atom is -0.490 e. The number of hydrogen-bond donors (Lipinski definition) is 2. The van der Waals surface area contributed by atoms with Gasteiger partial charge in [0.1, 0.15) is 5.75 Å². The third-order valence-corrected chi connectivity index (χ3v) is 5.45. The van der Waals surface area contributed by atoms with Crippen molar-refractivity contribution in [1.82, 2.24) is 10.3 Å². The second kappa shape index (κ2) is 8.49. The number of amides is 1. The van der Waals surface area contributed by atoms with E-state index in [1.54, 1.807) is 6.07 Å². The van der Waals surface area contributed by atoms with Gasteiger partial charge in [0, 0.05) is 12.5 Å². The van der Waals surface area contributed by atoms with Crippen molar-refractivity contribution in [1.29, 1.82) is 0 Å². The molecule has 0 aromatic heterocycles. The molecule has 2 aromatic carbocycles. The Hall–Kier alpha value is -2.78. The third kappa shape index (κ3) is 4.93. The summed E-state index contributed by atoms with van der Waals surface area (Å²) in [6.07, 6.45) is 0.714. The van der Waals surface area contributed by atoms with Crippen molar-refractivity contribution in [2.24, 2.45) is 0 Å². The SMILES string of the molecule is Cc1ccc(OCC(=O)NNS(=O)(=O)c2ccc3c(c2)OCCCO3)cc1C. The van der Waals surface area contributed by atoms with Gasteiger partial charge in [0.25, 0.3) is 15.9 Å². The van der Waals surface area contributed by atoms with E-state index in [9.17, 15) is 13.2 Å². The smallest absolute Gasteiger partial charge is 0.272 e. The van der Waals surface area contributed by atoms with E-state index in [2.05, 4.69) is 10.3 Å². The summed E-state index contributed by atoms with van der Waals surface area (Å²) in [7, 11) is -3.97. The van der Waals surface area contributed by atoms with Gasteiger partial charge in [-0.25, -0.2) is 8.42 Å². The fraction of sp³-hybridized carbons (Fsp3) is 0.316. The van der Waals surface area contributed by atoms with Gasteiger partial charge >= 0.3 is 0 Å². The summed E-state index contributed by atoms with van der Waals surface area (Å²) in [5.74, 6) is 0.743. The molecule has 9 heteroatoms. The van der Waals surface area contributed by atoms with E-state index in [0.29, 0.717) is 36.9 Å². The number of rotatable bonds is 6. The highest BCUT2D eigenvalue weighted by Gasteiger charge is 2.19. The Kier molecular flexibility index (Phi) is 6.05. The molecule has 0 fully saturated rings. The fourth-order valence-electron chi connectivity index (χ4n) is 2.48. The molecule has 3 rings (SSSR count). The molecule has 150 valence electrons. The minimum absolute atomic E-state index is 0.0490. The summed E-state index contributed by atoms with van der Waals surface area (Å²) in [5.41, 5.74) is 4.28. The number of hydrogen-bond acceptors (Lipinski definition) is 6. The van der Waals surface area contributed by atoms with Crippen LogP contribution in [0.2, 0.25) is 0 Å². The van der Waals surface area contributed by atoms with Gasteiger partial charge < -0.3 is 14.2 Å². The van der Waals surface area contributed by atoms with E-state index in [0.717, 1.165) is 11.1 Å². The van der Waals surface area contributed by atoms with Gasteiger partial charge in [0.15, 0.2) is 18.1 Å². The zero-order valence-electron chi connectivity index (χ0n) is 15.7. The molecule has 2 N–H and O–H groups in total. The second-order valence-corrected chi connectivity index (χ2v) is 8.03. The molecule has 1 heterocycles. The largest absolute Gasteiger partial charge is 0.490 e. The quantitative estimate of drug-likeness (QED) is 0.710. The molecule has 0 saturated heterocycles. The van der Waals surface area contributed by atoms with Gasteiger partial charge in [-0.1, -0.05) is 6.07 Å². The molecule has 1 aliphatic heterocycles.